The van der Waals surface area contributed by atoms with Gasteiger partial charge in [0.1, 0.15) is 5.82 Å². The van der Waals surface area contributed by atoms with E-state index in [0.717, 1.165) is 11.1 Å². The van der Waals surface area contributed by atoms with Crippen LogP contribution >= 0.6 is 0 Å². The van der Waals surface area contributed by atoms with Gasteiger partial charge in [0.2, 0.25) is 0 Å². The average Bonchev–Trinajstić information content (AvgIpc) is 2.00. The number of aliphatic hydroxyl groups excluding tert-OH is 1. The van der Waals surface area contributed by atoms with Crippen LogP contribution < -0.4 is 5.73 Å². The number of nitrogens with two attached hydrogens (primary N) is 1. The van der Waals surface area contributed by atoms with E-state index in [1.54, 1.807) is 6.07 Å². The van der Waals surface area contributed by atoms with Crippen molar-refractivity contribution in [2.45, 2.75) is 31.4 Å². The zero-order chi connectivity index (χ0) is 10.3. The molecule has 1 aromatic rings. The SMILES string of the molecule is Cc1cc(F)ccc1C1(N)CC(O)C1. The largest absolute Gasteiger partial charge is 0.393 e. The smallest absolute Gasteiger partial charge is 0.123 e. The summed E-state index contributed by atoms with van der Waals surface area (Å²) in [4.78, 5) is 0. The highest BCUT2D eigenvalue weighted by molar-refractivity contribution is 5.35. The van der Waals surface area contributed by atoms with Crippen molar-refractivity contribution in [1.29, 1.82) is 0 Å². The minimum atomic E-state index is -0.447. The van der Waals surface area contributed by atoms with E-state index in [2.05, 4.69) is 0 Å². The monoisotopic (exact) mass is 195 g/mol. The van der Waals surface area contributed by atoms with E-state index >= 15 is 0 Å². The van der Waals surface area contributed by atoms with Crippen LogP contribution in [0.3, 0.4) is 0 Å². The number of benzene rings is 1. The molecule has 0 unspecified atom stereocenters. The lowest BCUT2D eigenvalue weighted by Crippen LogP contribution is -2.52. The molecule has 1 aromatic carbocycles. The topological polar surface area (TPSA) is 46.2 Å². The van der Waals surface area contributed by atoms with E-state index in [4.69, 9.17) is 5.73 Å². The first-order valence-corrected chi connectivity index (χ1v) is 4.75. The first kappa shape index (κ1) is 9.62. The standard InChI is InChI=1S/C11H14FNO/c1-7-4-8(12)2-3-10(7)11(13)5-9(14)6-11/h2-4,9,14H,5-6,13H2,1H3. The van der Waals surface area contributed by atoms with Gasteiger partial charge in [0.15, 0.2) is 0 Å². The molecule has 2 nitrogen and oxygen atoms in total. The van der Waals surface area contributed by atoms with Crippen molar-refractivity contribution in [3.8, 4) is 0 Å². The lowest BCUT2D eigenvalue weighted by molar-refractivity contribution is 0.0206. The fourth-order valence-electron chi connectivity index (χ4n) is 2.19. The number of aliphatic hydroxyl groups is 1. The maximum atomic E-state index is 12.8. The molecule has 76 valence electrons. The Morgan fingerprint density at radius 2 is 2.14 bits per heavy atom. The van der Waals surface area contributed by atoms with Gasteiger partial charge in [-0.2, -0.15) is 0 Å². The third-order valence-corrected chi connectivity index (χ3v) is 2.92. The third-order valence-electron chi connectivity index (χ3n) is 2.92. The van der Waals surface area contributed by atoms with Crippen LogP contribution in [-0.4, -0.2) is 11.2 Å². The van der Waals surface area contributed by atoms with Crippen molar-refractivity contribution in [1.82, 2.24) is 0 Å². The lowest BCUT2D eigenvalue weighted by Gasteiger charge is -2.43. The molecule has 14 heavy (non-hydrogen) atoms. The molecule has 1 aliphatic rings. The molecule has 1 fully saturated rings. The number of rotatable bonds is 1. The van der Waals surface area contributed by atoms with Crippen LogP contribution in [0.5, 0.6) is 0 Å². The quantitative estimate of drug-likeness (QED) is 0.712. The second kappa shape index (κ2) is 3.04. The highest BCUT2D eigenvalue weighted by Gasteiger charge is 2.42. The van der Waals surface area contributed by atoms with E-state index in [0.29, 0.717) is 12.8 Å². The van der Waals surface area contributed by atoms with Crippen LogP contribution in [0.25, 0.3) is 0 Å². The number of hydrogen-bond donors (Lipinski definition) is 2. The van der Waals surface area contributed by atoms with Crippen LogP contribution in [0.2, 0.25) is 0 Å². The highest BCUT2D eigenvalue weighted by Crippen LogP contribution is 2.40. The molecule has 0 aromatic heterocycles. The third kappa shape index (κ3) is 1.42. The van der Waals surface area contributed by atoms with Crippen molar-refractivity contribution in [3.63, 3.8) is 0 Å². The van der Waals surface area contributed by atoms with Gasteiger partial charge in [0.25, 0.3) is 0 Å². The summed E-state index contributed by atoms with van der Waals surface area (Å²) in [6.07, 6.45) is 0.836. The Balaban J connectivity index is 2.33. The molecule has 0 bridgehead atoms. The van der Waals surface area contributed by atoms with Gasteiger partial charge in [-0.3, -0.25) is 0 Å². The van der Waals surface area contributed by atoms with E-state index in [9.17, 15) is 9.50 Å². The second-order valence-electron chi connectivity index (χ2n) is 4.18. The van der Waals surface area contributed by atoms with Gasteiger partial charge in [-0.15, -0.1) is 0 Å². The molecule has 1 aliphatic carbocycles. The van der Waals surface area contributed by atoms with Gasteiger partial charge < -0.3 is 10.8 Å². The molecule has 0 heterocycles. The summed E-state index contributed by atoms with van der Waals surface area (Å²) in [5, 5.41) is 9.24. The van der Waals surface area contributed by atoms with Crippen molar-refractivity contribution >= 4 is 0 Å². The van der Waals surface area contributed by atoms with E-state index in [1.807, 2.05) is 6.92 Å². The normalized spacial score (nSPS) is 31.3. The van der Waals surface area contributed by atoms with Crippen LogP contribution in [0.1, 0.15) is 24.0 Å². The van der Waals surface area contributed by atoms with E-state index in [1.165, 1.54) is 12.1 Å². The number of halogens is 1. The fraction of sp³-hybridized carbons (Fsp3) is 0.455. The zero-order valence-electron chi connectivity index (χ0n) is 8.13. The Bertz CT molecular complexity index is 358. The molecular weight excluding hydrogens is 181 g/mol. The first-order chi connectivity index (χ1) is 6.51. The molecule has 0 atom stereocenters. The zero-order valence-corrected chi connectivity index (χ0v) is 8.13. The second-order valence-corrected chi connectivity index (χ2v) is 4.18. The summed E-state index contributed by atoms with van der Waals surface area (Å²) >= 11 is 0. The van der Waals surface area contributed by atoms with Gasteiger partial charge in [-0.05, 0) is 43.0 Å². The fourth-order valence-corrected chi connectivity index (χ4v) is 2.19. The van der Waals surface area contributed by atoms with Gasteiger partial charge in [0, 0.05) is 5.54 Å². The molecule has 0 amide bonds. The predicted molar refractivity (Wildman–Crippen MR) is 52.2 cm³/mol. The van der Waals surface area contributed by atoms with Crippen LogP contribution in [0.15, 0.2) is 18.2 Å². The molecule has 3 N–H and O–H groups in total. The Morgan fingerprint density at radius 1 is 1.50 bits per heavy atom. The number of hydrogen-bond acceptors (Lipinski definition) is 2. The Labute approximate surface area is 82.5 Å². The molecular formula is C11H14FNO. The molecule has 0 saturated heterocycles. The first-order valence-electron chi connectivity index (χ1n) is 4.75. The summed E-state index contributed by atoms with van der Waals surface area (Å²) < 4.78 is 12.8. The molecule has 0 radical (unpaired) electrons. The highest BCUT2D eigenvalue weighted by atomic mass is 19.1. The maximum absolute atomic E-state index is 12.8. The molecule has 1 saturated carbocycles. The average molecular weight is 195 g/mol. The Hall–Kier alpha value is -0.930. The van der Waals surface area contributed by atoms with Crippen molar-refractivity contribution < 1.29 is 9.50 Å². The minimum Gasteiger partial charge on any atom is -0.393 e. The molecule has 0 spiro atoms. The summed E-state index contributed by atoms with van der Waals surface area (Å²) in [5.74, 6) is -0.241. The van der Waals surface area contributed by atoms with Crippen LogP contribution in [-0.2, 0) is 5.54 Å². The Morgan fingerprint density at radius 3 is 2.64 bits per heavy atom. The van der Waals surface area contributed by atoms with Crippen molar-refractivity contribution in [2.24, 2.45) is 5.73 Å². The van der Waals surface area contributed by atoms with E-state index in [-0.39, 0.29) is 11.9 Å². The number of aryl methyl sites for hydroxylation is 1. The summed E-state index contributed by atoms with van der Waals surface area (Å²) in [5.41, 5.74) is 7.44. The van der Waals surface area contributed by atoms with Crippen LogP contribution in [0.4, 0.5) is 4.39 Å². The summed E-state index contributed by atoms with van der Waals surface area (Å²) in [6, 6.07) is 4.62. The van der Waals surface area contributed by atoms with Crippen molar-refractivity contribution in [2.75, 3.05) is 0 Å². The lowest BCUT2D eigenvalue weighted by atomic mass is 9.69. The van der Waals surface area contributed by atoms with Crippen molar-refractivity contribution in [3.05, 3.63) is 35.1 Å². The minimum absolute atomic E-state index is 0.241. The molecule has 0 aliphatic heterocycles. The van der Waals surface area contributed by atoms with Gasteiger partial charge in [0.05, 0.1) is 6.10 Å². The maximum Gasteiger partial charge on any atom is 0.123 e. The molecule has 2 rings (SSSR count). The molecule has 3 heteroatoms. The predicted octanol–water partition coefficient (Wildman–Crippen LogP) is 1.44. The Kier molecular flexibility index (Phi) is 2.09. The summed E-state index contributed by atoms with van der Waals surface area (Å²) in [7, 11) is 0. The van der Waals surface area contributed by atoms with Gasteiger partial charge >= 0.3 is 0 Å². The van der Waals surface area contributed by atoms with Crippen LogP contribution in [0, 0.1) is 12.7 Å². The summed E-state index contributed by atoms with van der Waals surface area (Å²) in [6.45, 7) is 1.84. The van der Waals surface area contributed by atoms with E-state index < -0.39 is 5.54 Å². The van der Waals surface area contributed by atoms with Gasteiger partial charge in [-0.1, -0.05) is 6.07 Å². The van der Waals surface area contributed by atoms with Gasteiger partial charge in [-0.25, -0.2) is 4.39 Å².